The van der Waals surface area contributed by atoms with Crippen LogP contribution in [0.1, 0.15) is 33.1 Å². The van der Waals surface area contributed by atoms with E-state index >= 15 is 0 Å². The molecule has 10 nitrogen and oxygen atoms in total. The average Bonchev–Trinajstić information content (AvgIpc) is 2.89. The van der Waals surface area contributed by atoms with Crippen molar-refractivity contribution in [3.63, 3.8) is 0 Å². The first-order valence-corrected chi connectivity index (χ1v) is 8.16. The van der Waals surface area contributed by atoms with Gasteiger partial charge in [0.05, 0.1) is 6.04 Å². The summed E-state index contributed by atoms with van der Waals surface area (Å²) < 4.78 is 0. The smallest absolute Gasteiger partial charge is 0.405 e. The Morgan fingerprint density at radius 1 is 1.32 bits per heavy atom. The van der Waals surface area contributed by atoms with Gasteiger partial charge in [0.25, 0.3) is 0 Å². The molecular weight excluding hydrogens is 332 g/mol. The minimum atomic E-state index is -1.68. The molecule has 4 amide bonds. The van der Waals surface area contributed by atoms with Crippen LogP contribution in [0.15, 0.2) is 0 Å². The van der Waals surface area contributed by atoms with E-state index in [2.05, 4.69) is 16.0 Å². The molecule has 0 aromatic rings. The number of carbonyl (C=O) groups excluding carboxylic acids is 3. The van der Waals surface area contributed by atoms with Gasteiger partial charge in [-0.3, -0.25) is 14.4 Å². The van der Waals surface area contributed by atoms with Crippen LogP contribution in [0, 0.1) is 11.8 Å². The summed E-state index contributed by atoms with van der Waals surface area (Å²) in [5.74, 6) is -2.37. The van der Waals surface area contributed by atoms with E-state index < -0.39 is 42.0 Å². The van der Waals surface area contributed by atoms with Crippen LogP contribution in [0.25, 0.3) is 0 Å². The zero-order chi connectivity index (χ0) is 19.1. The summed E-state index contributed by atoms with van der Waals surface area (Å²) in [4.78, 5) is 46.3. The predicted octanol–water partition coefficient (Wildman–Crippen LogP) is -1.47. The van der Waals surface area contributed by atoms with Gasteiger partial charge >= 0.3 is 6.09 Å². The first kappa shape index (κ1) is 20.7. The molecule has 4 atom stereocenters. The van der Waals surface area contributed by atoms with Crippen LogP contribution >= 0.6 is 0 Å². The Morgan fingerprint density at radius 2 is 1.96 bits per heavy atom. The number of nitrogens with two attached hydrogens (primary N) is 1. The van der Waals surface area contributed by atoms with Crippen LogP contribution in [0.4, 0.5) is 4.79 Å². The molecule has 1 aliphatic rings. The lowest BCUT2D eigenvalue weighted by Crippen LogP contribution is -2.55. The fourth-order valence-corrected chi connectivity index (χ4v) is 2.78. The fraction of sp³-hybridized carbons (Fsp3) is 0.733. The van der Waals surface area contributed by atoms with Crippen molar-refractivity contribution in [2.24, 2.45) is 17.6 Å². The number of aliphatic hydroxyl groups is 1. The molecule has 1 fully saturated rings. The molecule has 142 valence electrons. The van der Waals surface area contributed by atoms with E-state index in [0.29, 0.717) is 13.0 Å². The first-order valence-electron chi connectivity index (χ1n) is 8.16. The van der Waals surface area contributed by atoms with Crippen LogP contribution < -0.4 is 21.7 Å². The molecule has 1 heterocycles. The minimum absolute atomic E-state index is 0.0303. The van der Waals surface area contributed by atoms with E-state index in [-0.39, 0.29) is 24.7 Å². The second-order valence-corrected chi connectivity index (χ2v) is 6.61. The maximum absolute atomic E-state index is 12.4. The molecule has 25 heavy (non-hydrogen) atoms. The zero-order valence-electron chi connectivity index (χ0n) is 14.3. The Morgan fingerprint density at radius 3 is 2.40 bits per heavy atom. The van der Waals surface area contributed by atoms with Gasteiger partial charge < -0.3 is 31.9 Å². The number of hydrogen-bond donors (Lipinski definition) is 6. The highest BCUT2D eigenvalue weighted by Gasteiger charge is 2.35. The number of amides is 4. The number of aliphatic hydroxyl groups excluding tert-OH is 1. The SMILES string of the molecule is CC(C)CC(NC(=O)O)C(=O)NC(C[C@@H]1CCNC1=O)C(O)C(N)=O. The molecule has 0 bridgehead atoms. The van der Waals surface area contributed by atoms with Crippen molar-refractivity contribution < 1.29 is 29.4 Å². The van der Waals surface area contributed by atoms with Crippen molar-refractivity contribution in [3.8, 4) is 0 Å². The Bertz CT molecular complexity index is 524. The molecule has 3 unspecified atom stereocenters. The number of primary amides is 1. The van der Waals surface area contributed by atoms with Crippen molar-refractivity contribution in [1.82, 2.24) is 16.0 Å². The molecule has 10 heteroatoms. The Hall–Kier alpha value is -2.36. The maximum Gasteiger partial charge on any atom is 0.405 e. The molecule has 7 N–H and O–H groups in total. The molecular formula is C15H26N4O6. The summed E-state index contributed by atoms with van der Waals surface area (Å²) in [5, 5.41) is 26.1. The summed E-state index contributed by atoms with van der Waals surface area (Å²) >= 11 is 0. The Kier molecular flexibility index (Phi) is 7.62. The standard InChI is InChI=1S/C15H26N4O6/c1-7(2)5-10(19-15(24)25)14(23)18-9(11(20)12(16)21)6-8-3-4-17-13(8)22/h7-11,19-20H,3-6H2,1-2H3,(H2,16,21)(H,17,22)(H,18,23)(H,24,25)/t8-,9?,10?,11?/m0/s1. The van der Waals surface area contributed by atoms with Gasteiger partial charge in [0.1, 0.15) is 6.04 Å². The second-order valence-electron chi connectivity index (χ2n) is 6.61. The van der Waals surface area contributed by atoms with Crippen LogP contribution in [0.2, 0.25) is 0 Å². The third kappa shape index (κ3) is 6.57. The van der Waals surface area contributed by atoms with Crippen molar-refractivity contribution in [1.29, 1.82) is 0 Å². The maximum atomic E-state index is 12.4. The highest BCUT2D eigenvalue weighted by Crippen LogP contribution is 2.18. The molecule has 0 spiro atoms. The zero-order valence-corrected chi connectivity index (χ0v) is 14.3. The van der Waals surface area contributed by atoms with Gasteiger partial charge in [-0.2, -0.15) is 0 Å². The molecule has 1 saturated heterocycles. The van der Waals surface area contributed by atoms with Gasteiger partial charge in [-0.15, -0.1) is 0 Å². The molecule has 1 rings (SSSR count). The summed E-state index contributed by atoms with van der Waals surface area (Å²) in [6.45, 7) is 4.12. The molecule has 0 radical (unpaired) electrons. The Balaban J connectivity index is 2.85. The van der Waals surface area contributed by atoms with Gasteiger partial charge in [-0.25, -0.2) is 4.79 Å². The van der Waals surface area contributed by atoms with Crippen LogP contribution in [-0.4, -0.2) is 58.8 Å². The van der Waals surface area contributed by atoms with Crippen LogP contribution in [0.3, 0.4) is 0 Å². The first-order chi connectivity index (χ1) is 11.6. The number of carboxylic acid groups (broad SMARTS) is 1. The molecule has 0 aromatic carbocycles. The Labute approximate surface area is 145 Å². The molecule has 0 aliphatic carbocycles. The van der Waals surface area contributed by atoms with Gasteiger partial charge in [-0.1, -0.05) is 13.8 Å². The number of nitrogens with one attached hydrogen (secondary N) is 3. The van der Waals surface area contributed by atoms with Gasteiger partial charge in [0, 0.05) is 12.5 Å². The summed E-state index contributed by atoms with van der Waals surface area (Å²) in [5.41, 5.74) is 5.11. The lowest BCUT2D eigenvalue weighted by molar-refractivity contribution is -0.132. The van der Waals surface area contributed by atoms with E-state index in [1.807, 2.05) is 13.8 Å². The fourth-order valence-electron chi connectivity index (χ4n) is 2.78. The topological polar surface area (TPSA) is 171 Å². The molecule has 0 saturated carbocycles. The van der Waals surface area contributed by atoms with Gasteiger partial charge in [0.2, 0.25) is 17.7 Å². The van der Waals surface area contributed by atoms with Gasteiger partial charge in [0.15, 0.2) is 6.10 Å². The van der Waals surface area contributed by atoms with Crippen LogP contribution in [-0.2, 0) is 14.4 Å². The number of carbonyl (C=O) groups is 4. The summed E-state index contributed by atoms with van der Waals surface area (Å²) in [6, 6.07) is -2.12. The highest BCUT2D eigenvalue weighted by atomic mass is 16.4. The lowest BCUT2D eigenvalue weighted by atomic mass is 9.94. The van der Waals surface area contributed by atoms with E-state index in [1.54, 1.807) is 0 Å². The lowest BCUT2D eigenvalue weighted by Gasteiger charge is -2.27. The predicted molar refractivity (Wildman–Crippen MR) is 87.3 cm³/mol. The van der Waals surface area contributed by atoms with Crippen LogP contribution in [0.5, 0.6) is 0 Å². The number of rotatable bonds is 9. The quantitative estimate of drug-likeness (QED) is 0.293. The third-order valence-corrected chi connectivity index (χ3v) is 4.02. The average molecular weight is 358 g/mol. The molecule has 0 aromatic heterocycles. The van der Waals surface area contributed by atoms with E-state index in [1.165, 1.54) is 0 Å². The van der Waals surface area contributed by atoms with Crippen molar-refractivity contribution >= 4 is 23.8 Å². The van der Waals surface area contributed by atoms with E-state index in [0.717, 1.165) is 0 Å². The van der Waals surface area contributed by atoms with E-state index in [9.17, 15) is 24.3 Å². The minimum Gasteiger partial charge on any atom is -0.465 e. The largest absolute Gasteiger partial charge is 0.465 e. The normalized spacial score (nSPS) is 20.5. The number of hydrogen-bond acceptors (Lipinski definition) is 5. The molecule has 1 aliphatic heterocycles. The third-order valence-electron chi connectivity index (χ3n) is 4.02. The monoisotopic (exact) mass is 358 g/mol. The van der Waals surface area contributed by atoms with Crippen molar-refractivity contribution in [2.45, 2.75) is 51.3 Å². The summed E-state index contributed by atoms with van der Waals surface area (Å²) in [6.07, 6.45) is -2.26. The summed E-state index contributed by atoms with van der Waals surface area (Å²) in [7, 11) is 0. The highest BCUT2D eigenvalue weighted by molar-refractivity contribution is 5.87. The van der Waals surface area contributed by atoms with E-state index in [4.69, 9.17) is 10.8 Å². The van der Waals surface area contributed by atoms with Crippen molar-refractivity contribution in [3.05, 3.63) is 0 Å². The van der Waals surface area contributed by atoms with Gasteiger partial charge in [-0.05, 0) is 25.2 Å². The van der Waals surface area contributed by atoms with Crippen molar-refractivity contribution in [2.75, 3.05) is 6.54 Å². The second kappa shape index (κ2) is 9.21.